The van der Waals surface area contributed by atoms with E-state index in [-0.39, 0.29) is 48.3 Å². The van der Waals surface area contributed by atoms with Crippen molar-refractivity contribution in [3.63, 3.8) is 0 Å². The van der Waals surface area contributed by atoms with E-state index in [0.29, 0.717) is 24.7 Å². The van der Waals surface area contributed by atoms with Crippen LogP contribution in [0.15, 0.2) is 29.3 Å². The van der Waals surface area contributed by atoms with Gasteiger partial charge in [0.15, 0.2) is 5.96 Å². The van der Waals surface area contributed by atoms with Crippen LogP contribution in [0.5, 0.6) is 5.75 Å². The molecule has 1 aromatic carbocycles. The molecule has 0 spiro atoms. The molecule has 154 valence electrons. The highest BCUT2D eigenvalue weighted by Crippen LogP contribution is 2.31. The Bertz CT molecular complexity index is 592. The number of halogens is 3. The summed E-state index contributed by atoms with van der Waals surface area (Å²) in [6.45, 7) is 3.87. The Hall–Kier alpha value is -1.36. The zero-order chi connectivity index (χ0) is 18.9. The van der Waals surface area contributed by atoms with Crippen molar-refractivity contribution in [1.82, 2.24) is 10.6 Å². The SMILES string of the molecule is CCNC(=NCC(C)CO)NC1CCN(c2ccccc2OC(F)F)C1.I. The number of rotatable bonds is 8. The quantitative estimate of drug-likeness (QED) is 0.292. The van der Waals surface area contributed by atoms with Crippen molar-refractivity contribution < 1.29 is 18.6 Å². The molecule has 0 bridgehead atoms. The molecule has 0 amide bonds. The number of aliphatic imine (C=N–C) groups is 1. The largest absolute Gasteiger partial charge is 0.433 e. The maximum Gasteiger partial charge on any atom is 0.387 e. The van der Waals surface area contributed by atoms with E-state index in [0.717, 1.165) is 19.5 Å². The standard InChI is InChI=1S/C18H28F2N4O2.HI/c1-3-21-18(22-10-13(2)12-25)23-14-8-9-24(11-14)15-6-4-5-7-16(15)26-17(19)20;/h4-7,13-14,17,25H,3,8-12H2,1-2H3,(H2,21,22,23);1H. The minimum absolute atomic E-state index is 0. The highest BCUT2D eigenvalue weighted by molar-refractivity contribution is 14.0. The minimum atomic E-state index is -2.84. The van der Waals surface area contributed by atoms with Crippen LogP contribution in [-0.4, -0.2) is 56.5 Å². The number of guanidine groups is 1. The van der Waals surface area contributed by atoms with E-state index < -0.39 is 6.61 Å². The van der Waals surface area contributed by atoms with Gasteiger partial charge >= 0.3 is 6.61 Å². The average molecular weight is 498 g/mol. The van der Waals surface area contributed by atoms with Gasteiger partial charge in [-0.05, 0) is 31.4 Å². The Morgan fingerprint density at radius 1 is 1.41 bits per heavy atom. The fraction of sp³-hybridized carbons (Fsp3) is 0.611. The van der Waals surface area contributed by atoms with Gasteiger partial charge in [-0.25, -0.2) is 0 Å². The van der Waals surface area contributed by atoms with Gasteiger partial charge in [0.05, 0.1) is 5.69 Å². The molecule has 0 aromatic heterocycles. The molecule has 1 heterocycles. The molecule has 6 nitrogen and oxygen atoms in total. The predicted octanol–water partition coefficient (Wildman–Crippen LogP) is 2.67. The lowest BCUT2D eigenvalue weighted by molar-refractivity contribution is -0.0495. The molecule has 1 aliphatic heterocycles. The first-order valence-electron chi connectivity index (χ1n) is 8.98. The lowest BCUT2D eigenvalue weighted by Crippen LogP contribution is -2.44. The van der Waals surface area contributed by atoms with Gasteiger partial charge in [-0.1, -0.05) is 19.1 Å². The van der Waals surface area contributed by atoms with Gasteiger partial charge in [0.25, 0.3) is 0 Å². The van der Waals surface area contributed by atoms with Crippen LogP contribution in [0.4, 0.5) is 14.5 Å². The molecule has 27 heavy (non-hydrogen) atoms. The normalized spacial score (nSPS) is 18.2. The number of para-hydroxylation sites is 2. The second-order valence-electron chi connectivity index (χ2n) is 6.43. The Labute approximate surface area is 176 Å². The summed E-state index contributed by atoms with van der Waals surface area (Å²) in [5.41, 5.74) is 0.674. The molecule has 2 atom stereocenters. The molecule has 2 unspecified atom stereocenters. The number of aliphatic hydroxyl groups is 1. The van der Waals surface area contributed by atoms with Crippen LogP contribution < -0.4 is 20.3 Å². The molecule has 2 rings (SSSR count). The summed E-state index contributed by atoms with van der Waals surface area (Å²) in [5, 5.41) is 15.7. The van der Waals surface area contributed by atoms with Gasteiger partial charge in [0, 0.05) is 38.8 Å². The molecular weight excluding hydrogens is 469 g/mol. The van der Waals surface area contributed by atoms with Crippen molar-refractivity contribution in [3.8, 4) is 5.75 Å². The van der Waals surface area contributed by atoms with E-state index in [1.165, 1.54) is 0 Å². The molecule has 1 aliphatic rings. The molecule has 0 radical (unpaired) electrons. The first-order chi connectivity index (χ1) is 12.5. The van der Waals surface area contributed by atoms with Crippen LogP contribution in [0.2, 0.25) is 0 Å². The zero-order valence-electron chi connectivity index (χ0n) is 15.7. The Morgan fingerprint density at radius 2 is 2.15 bits per heavy atom. The van der Waals surface area contributed by atoms with E-state index in [2.05, 4.69) is 20.4 Å². The Kier molecular flexibility index (Phi) is 10.7. The van der Waals surface area contributed by atoms with Crippen LogP contribution in [0, 0.1) is 5.92 Å². The molecule has 3 N–H and O–H groups in total. The molecule has 1 saturated heterocycles. The molecule has 9 heteroatoms. The van der Waals surface area contributed by atoms with E-state index in [1.54, 1.807) is 18.2 Å². The lowest BCUT2D eigenvalue weighted by atomic mass is 10.2. The van der Waals surface area contributed by atoms with Crippen molar-refractivity contribution >= 4 is 35.6 Å². The van der Waals surface area contributed by atoms with Gasteiger partial charge < -0.3 is 25.4 Å². The average Bonchev–Trinajstić information content (AvgIpc) is 3.07. The van der Waals surface area contributed by atoms with Crippen molar-refractivity contribution in [2.24, 2.45) is 10.9 Å². The van der Waals surface area contributed by atoms with Gasteiger partial charge in [-0.15, -0.1) is 24.0 Å². The number of benzene rings is 1. The fourth-order valence-electron chi connectivity index (χ4n) is 2.83. The maximum absolute atomic E-state index is 12.6. The second kappa shape index (κ2) is 12.2. The van der Waals surface area contributed by atoms with Crippen molar-refractivity contribution in [2.75, 3.05) is 37.7 Å². The first-order valence-corrected chi connectivity index (χ1v) is 8.98. The fourth-order valence-corrected chi connectivity index (χ4v) is 2.83. The van der Waals surface area contributed by atoms with Crippen LogP contribution in [0.25, 0.3) is 0 Å². The van der Waals surface area contributed by atoms with Crippen molar-refractivity contribution in [3.05, 3.63) is 24.3 Å². The Morgan fingerprint density at radius 3 is 2.81 bits per heavy atom. The summed E-state index contributed by atoms with van der Waals surface area (Å²) in [6.07, 6.45) is 0.864. The Balaban J connectivity index is 0.00000364. The number of anilines is 1. The number of nitrogens with one attached hydrogen (secondary N) is 2. The van der Waals surface area contributed by atoms with E-state index in [9.17, 15) is 8.78 Å². The van der Waals surface area contributed by atoms with Crippen molar-refractivity contribution in [1.29, 1.82) is 0 Å². The summed E-state index contributed by atoms with van der Waals surface area (Å²) < 4.78 is 29.8. The van der Waals surface area contributed by atoms with Gasteiger partial charge in [0.1, 0.15) is 5.75 Å². The number of ether oxygens (including phenoxy) is 1. The molecular formula is C18H29F2IN4O2. The molecule has 1 aromatic rings. The summed E-state index contributed by atoms with van der Waals surface area (Å²) in [5.74, 6) is 1.00. The number of alkyl halides is 2. The van der Waals surface area contributed by atoms with Crippen LogP contribution in [0.1, 0.15) is 20.3 Å². The topological polar surface area (TPSA) is 69.1 Å². The predicted molar refractivity (Wildman–Crippen MR) is 114 cm³/mol. The van der Waals surface area contributed by atoms with E-state index in [4.69, 9.17) is 5.11 Å². The summed E-state index contributed by atoms with van der Waals surface area (Å²) >= 11 is 0. The number of hydrogen-bond acceptors (Lipinski definition) is 4. The third kappa shape index (κ3) is 7.65. The first kappa shape index (κ1) is 23.7. The van der Waals surface area contributed by atoms with Gasteiger partial charge in [0.2, 0.25) is 0 Å². The second-order valence-corrected chi connectivity index (χ2v) is 6.43. The number of aliphatic hydroxyl groups excluding tert-OH is 1. The summed E-state index contributed by atoms with van der Waals surface area (Å²) in [7, 11) is 0. The molecule has 0 saturated carbocycles. The summed E-state index contributed by atoms with van der Waals surface area (Å²) in [4.78, 5) is 6.53. The van der Waals surface area contributed by atoms with E-state index in [1.807, 2.05) is 24.8 Å². The van der Waals surface area contributed by atoms with Gasteiger partial charge in [-0.2, -0.15) is 8.78 Å². The highest BCUT2D eigenvalue weighted by atomic mass is 127. The number of nitrogens with zero attached hydrogens (tertiary/aromatic N) is 2. The highest BCUT2D eigenvalue weighted by Gasteiger charge is 2.26. The zero-order valence-corrected chi connectivity index (χ0v) is 18.0. The maximum atomic E-state index is 12.6. The summed E-state index contributed by atoms with van der Waals surface area (Å²) in [6, 6.07) is 7.00. The van der Waals surface area contributed by atoms with Gasteiger partial charge in [-0.3, -0.25) is 4.99 Å². The van der Waals surface area contributed by atoms with Crippen LogP contribution in [-0.2, 0) is 0 Å². The number of hydrogen-bond donors (Lipinski definition) is 3. The van der Waals surface area contributed by atoms with Crippen LogP contribution >= 0.6 is 24.0 Å². The smallest absolute Gasteiger partial charge is 0.387 e. The third-order valence-corrected chi connectivity index (χ3v) is 4.17. The molecule has 1 fully saturated rings. The van der Waals surface area contributed by atoms with Crippen LogP contribution in [0.3, 0.4) is 0 Å². The third-order valence-electron chi connectivity index (χ3n) is 4.17. The monoisotopic (exact) mass is 498 g/mol. The molecule has 0 aliphatic carbocycles. The van der Waals surface area contributed by atoms with E-state index >= 15 is 0 Å². The lowest BCUT2D eigenvalue weighted by Gasteiger charge is -2.22. The van der Waals surface area contributed by atoms with Crippen molar-refractivity contribution in [2.45, 2.75) is 32.9 Å². The minimum Gasteiger partial charge on any atom is -0.433 e.